The van der Waals surface area contributed by atoms with Crippen LogP contribution in [-0.2, 0) is 6.54 Å². The standard InChI is InChI=1S/C19H16FN3O2/c20-13-3-6-15-16(9-18(24)22-17(15)8-13)19(25)23(14-4-5-14)11-12-2-1-7-21-10-12/h1-3,6-10,14H,4-5,11H2,(H,22,24). The number of carbonyl (C=O) groups excluding carboxylic acids is 1. The molecule has 0 saturated heterocycles. The highest BCUT2D eigenvalue weighted by molar-refractivity contribution is 6.06. The first kappa shape index (κ1) is 15.5. The van der Waals surface area contributed by atoms with Gasteiger partial charge < -0.3 is 9.88 Å². The molecule has 5 nitrogen and oxygen atoms in total. The molecular formula is C19H16FN3O2. The van der Waals surface area contributed by atoms with Crippen LogP contribution in [0.5, 0.6) is 0 Å². The molecule has 25 heavy (non-hydrogen) atoms. The number of aromatic amines is 1. The highest BCUT2D eigenvalue weighted by atomic mass is 19.1. The summed E-state index contributed by atoms with van der Waals surface area (Å²) in [6.07, 6.45) is 5.31. The van der Waals surface area contributed by atoms with Crippen LogP contribution in [0, 0.1) is 5.82 Å². The maximum absolute atomic E-state index is 13.5. The predicted octanol–water partition coefficient (Wildman–Crippen LogP) is 2.87. The molecule has 6 heteroatoms. The molecule has 1 aliphatic carbocycles. The van der Waals surface area contributed by atoms with Gasteiger partial charge in [-0.3, -0.25) is 14.6 Å². The number of pyridine rings is 2. The molecule has 2 aromatic heterocycles. The van der Waals surface area contributed by atoms with E-state index >= 15 is 0 Å². The van der Waals surface area contributed by atoms with Crippen LogP contribution in [0.1, 0.15) is 28.8 Å². The molecule has 4 rings (SSSR count). The minimum atomic E-state index is -0.456. The van der Waals surface area contributed by atoms with Crippen molar-refractivity contribution >= 4 is 16.8 Å². The number of fused-ring (bicyclic) bond motifs is 1. The van der Waals surface area contributed by atoms with E-state index in [0.29, 0.717) is 23.0 Å². The van der Waals surface area contributed by atoms with Gasteiger partial charge in [-0.2, -0.15) is 0 Å². The summed E-state index contributed by atoms with van der Waals surface area (Å²) in [6, 6.07) is 9.26. The second-order valence-electron chi connectivity index (χ2n) is 6.26. The number of halogens is 1. The number of rotatable bonds is 4. The fourth-order valence-corrected chi connectivity index (χ4v) is 3.01. The van der Waals surface area contributed by atoms with E-state index in [2.05, 4.69) is 9.97 Å². The average molecular weight is 337 g/mol. The number of H-pyrrole nitrogens is 1. The first-order chi connectivity index (χ1) is 12.1. The zero-order valence-electron chi connectivity index (χ0n) is 13.4. The normalized spacial score (nSPS) is 13.8. The van der Waals surface area contributed by atoms with Crippen LogP contribution in [0.4, 0.5) is 4.39 Å². The third-order valence-electron chi connectivity index (χ3n) is 4.36. The first-order valence-corrected chi connectivity index (χ1v) is 8.14. The summed E-state index contributed by atoms with van der Waals surface area (Å²) in [5.41, 5.74) is 1.14. The Hall–Kier alpha value is -3.02. The van der Waals surface area contributed by atoms with Crippen molar-refractivity contribution in [2.45, 2.75) is 25.4 Å². The topological polar surface area (TPSA) is 66.1 Å². The Morgan fingerprint density at radius 1 is 1.28 bits per heavy atom. The highest BCUT2D eigenvalue weighted by Crippen LogP contribution is 2.30. The SMILES string of the molecule is O=C(c1cc(=O)[nH]c2cc(F)ccc12)N(Cc1cccnc1)C1CC1. The molecule has 1 aromatic carbocycles. The van der Waals surface area contributed by atoms with Crippen molar-refractivity contribution in [3.05, 3.63) is 76.1 Å². The quantitative estimate of drug-likeness (QED) is 0.796. The number of hydrogen-bond acceptors (Lipinski definition) is 3. The van der Waals surface area contributed by atoms with E-state index < -0.39 is 11.4 Å². The largest absolute Gasteiger partial charge is 0.331 e. The van der Waals surface area contributed by atoms with Crippen molar-refractivity contribution in [1.82, 2.24) is 14.9 Å². The lowest BCUT2D eigenvalue weighted by Gasteiger charge is -2.23. The van der Waals surface area contributed by atoms with E-state index in [-0.39, 0.29) is 11.9 Å². The van der Waals surface area contributed by atoms with Crippen molar-refractivity contribution in [2.24, 2.45) is 0 Å². The Morgan fingerprint density at radius 2 is 2.12 bits per heavy atom. The van der Waals surface area contributed by atoms with Gasteiger partial charge >= 0.3 is 0 Å². The van der Waals surface area contributed by atoms with Crippen LogP contribution >= 0.6 is 0 Å². The fraction of sp³-hybridized carbons (Fsp3) is 0.211. The van der Waals surface area contributed by atoms with Gasteiger partial charge in [0, 0.05) is 36.4 Å². The third-order valence-corrected chi connectivity index (χ3v) is 4.36. The molecule has 1 amide bonds. The van der Waals surface area contributed by atoms with Gasteiger partial charge in [0.1, 0.15) is 5.82 Å². The number of benzene rings is 1. The Morgan fingerprint density at radius 3 is 2.84 bits per heavy atom. The zero-order chi connectivity index (χ0) is 17.4. The monoisotopic (exact) mass is 337 g/mol. The maximum Gasteiger partial charge on any atom is 0.255 e. The fourth-order valence-electron chi connectivity index (χ4n) is 3.01. The molecule has 0 radical (unpaired) electrons. The Labute approximate surface area is 143 Å². The van der Waals surface area contributed by atoms with Crippen molar-refractivity contribution in [2.75, 3.05) is 0 Å². The van der Waals surface area contributed by atoms with Crippen LogP contribution in [0.3, 0.4) is 0 Å². The Balaban J connectivity index is 1.76. The zero-order valence-corrected chi connectivity index (χ0v) is 13.4. The summed E-state index contributed by atoms with van der Waals surface area (Å²) >= 11 is 0. The summed E-state index contributed by atoms with van der Waals surface area (Å²) < 4.78 is 13.5. The van der Waals surface area contributed by atoms with Crippen LogP contribution in [0.15, 0.2) is 53.6 Å². The van der Waals surface area contributed by atoms with Crippen molar-refractivity contribution in [1.29, 1.82) is 0 Å². The van der Waals surface area contributed by atoms with Crippen molar-refractivity contribution in [3.8, 4) is 0 Å². The third kappa shape index (κ3) is 3.15. The summed E-state index contributed by atoms with van der Waals surface area (Å²) in [6.45, 7) is 0.437. The van der Waals surface area contributed by atoms with Crippen LogP contribution in [-0.4, -0.2) is 26.8 Å². The molecule has 1 fully saturated rings. The Bertz CT molecular complexity index is 996. The van der Waals surface area contributed by atoms with Crippen molar-refractivity contribution < 1.29 is 9.18 Å². The van der Waals surface area contributed by atoms with E-state index in [1.165, 1.54) is 24.3 Å². The molecule has 2 heterocycles. The molecular weight excluding hydrogens is 321 g/mol. The number of carbonyl (C=O) groups is 1. The first-order valence-electron chi connectivity index (χ1n) is 8.14. The van der Waals surface area contributed by atoms with Gasteiger partial charge in [-0.1, -0.05) is 6.07 Å². The van der Waals surface area contributed by atoms with E-state index in [0.717, 1.165) is 18.4 Å². The second kappa shape index (κ2) is 6.12. The van der Waals surface area contributed by atoms with Gasteiger partial charge in [0.15, 0.2) is 0 Å². The van der Waals surface area contributed by atoms with E-state index in [4.69, 9.17) is 0 Å². The number of hydrogen-bond donors (Lipinski definition) is 1. The average Bonchev–Trinajstić information content (AvgIpc) is 3.44. The molecule has 1 saturated carbocycles. The molecule has 0 atom stereocenters. The van der Waals surface area contributed by atoms with Crippen LogP contribution < -0.4 is 5.56 Å². The molecule has 0 unspecified atom stereocenters. The summed E-state index contributed by atoms with van der Waals surface area (Å²) in [5.74, 6) is -0.670. The molecule has 0 aliphatic heterocycles. The summed E-state index contributed by atoms with van der Waals surface area (Å²) in [4.78, 5) is 33.5. The number of nitrogens with one attached hydrogen (secondary N) is 1. The molecule has 0 spiro atoms. The molecule has 126 valence electrons. The van der Waals surface area contributed by atoms with Crippen LogP contribution in [0.2, 0.25) is 0 Å². The van der Waals surface area contributed by atoms with Gasteiger partial charge in [-0.05, 0) is 42.7 Å². The lowest BCUT2D eigenvalue weighted by molar-refractivity contribution is 0.0731. The van der Waals surface area contributed by atoms with E-state index in [1.807, 2.05) is 12.1 Å². The highest BCUT2D eigenvalue weighted by Gasteiger charge is 2.33. The number of nitrogens with zero attached hydrogens (tertiary/aromatic N) is 2. The number of aromatic nitrogens is 2. The summed E-state index contributed by atoms with van der Waals surface area (Å²) in [7, 11) is 0. The minimum absolute atomic E-state index is 0.169. The molecule has 3 aromatic rings. The lowest BCUT2D eigenvalue weighted by Crippen LogP contribution is -2.33. The van der Waals surface area contributed by atoms with Gasteiger partial charge in [-0.25, -0.2) is 4.39 Å². The van der Waals surface area contributed by atoms with E-state index in [9.17, 15) is 14.0 Å². The van der Waals surface area contributed by atoms with Gasteiger partial charge in [0.2, 0.25) is 5.56 Å². The van der Waals surface area contributed by atoms with Gasteiger partial charge in [0.05, 0.1) is 11.1 Å². The van der Waals surface area contributed by atoms with Crippen molar-refractivity contribution in [3.63, 3.8) is 0 Å². The predicted molar refractivity (Wildman–Crippen MR) is 91.7 cm³/mol. The molecule has 0 bridgehead atoms. The maximum atomic E-state index is 13.5. The lowest BCUT2D eigenvalue weighted by atomic mass is 10.1. The number of amides is 1. The van der Waals surface area contributed by atoms with Gasteiger partial charge in [-0.15, -0.1) is 0 Å². The minimum Gasteiger partial charge on any atom is -0.331 e. The molecule has 1 aliphatic rings. The smallest absolute Gasteiger partial charge is 0.255 e. The van der Waals surface area contributed by atoms with Gasteiger partial charge in [0.25, 0.3) is 5.91 Å². The van der Waals surface area contributed by atoms with Crippen LogP contribution in [0.25, 0.3) is 10.9 Å². The summed E-state index contributed by atoms with van der Waals surface area (Å²) in [5, 5.41) is 0.544. The van der Waals surface area contributed by atoms with E-state index in [1.54, 1.807) is 17.3 Å². The second-order valence-corrected chi connectivity index (χ2v) is 6.26. The molecule has 1 N–H and O–H groups in total. The Kier molecular flexibility index (Phi) is 3.80.